The molecule has 0 aliphatic carbocycles. The van der Waals surface area contributed by atoms with E-state index in [-0.39, 0.29) is 11.3 Å². The fourth-order valence-electron chi connectivity index (χ4n) is 2.24. The van der Waals surface area contributed by atoms with E-state index in [1.165, 1.54) is 17.7 Å². The van der Waals surface area contributed by atoms with E-state index in [1.807, 2.05) is 24.3 Å². The van der Waals surface area contributed by atoms with E-state index in [9.17, 15) is 9.59 Å². The number of rotatable bonds is 5. The molecular formula is C20H25NO4. The van der Waals surface area contributed by atoms with Crippen LogP contribution in [0.15, 0.2) is 48.5 Å². The van der Waals surface area contributed by atoms with Crippen molar-refractivity contribution in [3.8, 4) is 5.75 Å². The number of amides is 1. The van der Waals surface area contributed by atoms with Gasteiger partial charge in [0.1, 0.15) is 5.75 Å². The number of hydrogen-bond acceptors (Lipinski definition) is 3. The van der Waals surface area contributed by atoms with Crippen LogP contribution in [0.3, 0.4) is 0 Å². The molecule has 1 unspecified atom stereocenters. The topological polar surface area (TPSA) is 101 Å². The molecule has 0 fully saturated rings. The van der Waals surface area contributed by atoms with Crippen molar-refractivity contribution in [2.45, 2.75) is 33.1 Å². The Morgan fingerprint density at radius 2 is 1.56 bits per heavy atom. The van der Waals surface area contributed by atoms with E-state index >= 15 is 0 Å². The third-order valence-corrected chi connectivity index (χ3v) is 3.66. The van der Waals surface area contributed by atoms with Gasteiger partial charge in [-0.3, -0.25) is 9.59 Å². The zero-order valence-corrected chi connectivity index (χ0v) is 14.8. The summed E-state index contributed by atoms with van der Waals surface area (Å²) >= 11 is 0. The molecule has 0 heterocycles. The van der Waals surface area contributed by atoms with Crippen LogP contribution in [0.2, 0.25) is 0 Å². The molecule has 0 saturated heterocycles. The average Bonchev–Trinajstić information content (AvgIpc) is 2.55. The molecule has 0 radical (unpaired) electrons. The third kappa shape index (κ3) is 6.67. The Kier molecular flexibility index (Phi) is 7.66. The van der Waals surface area contributed by atoms with Crippen molar-refractivity contribution in [1.29, 1.82) is 0 Å². The second-order valence-electron chi connectivity index (χ2n) is 6.28. The summed E-state index contributed by atoms with van der Waals surface area (Å²) in [5, 5.41) is 17.8. The summed E-state index contributed by atoms with van der Waals surface area (Å²) in [5.41, 5.74) is 7.21. The number of aromatic hydroxyl groups is 1. The Labute approximate surface area is 148 Å². The molecule has 4 N–H and O–H groups in total. The minimum absolute atomic E-state index is 0.0741. The Hall–Kier alpha value is -2.82. The number of hydrogen-bond donors (Lipinski definition) is 3. The summed E-state index contributed by atoms with van der Waals surface area (Å²) in [6, 6.07) is 14.0. The average molecular weight is 343 g/mol. The predicted octanol–water partition coefficient (Wildman–Crippen LogP) is 3.56. The molecule has 1 amide bonds. The SMILES string of the molecule is CC(C)Cc1ccc(C(C)C(=O)O)cc1.NC(=O)c1ccccc1O. The van der Waals surface area contributed by atoms with Gasteiger partial charge in [-0.15, -0.1) is 0 Å². The zero-order valence-electron chi connectivity index (χ0n) is 14.8. The lowest BCUT2D eigenvalue weighted by Crippen LogP contribution is -2.10. The van der Waals surface area contributed by atoms with Gasteiger partial charge in [-0.05, 0) is 42.5 Å². The molecule has 5 heteroatoms. The van der Waals surface area contributed by atoms with E-state index in [0.717, 1.165) is 12.0 Å². The van der Waals surface area contributed by atoms with Crippen LogP contribution in [0.5, 0.6) is 5.75 Å². The van der Waals surface area contributed by atoms with Crippen LogP contribution in [-0.4, -0.2) is 22.1 Å². The van der Waals surface area contributed by atoms with Crippen LogP contribution in [0, 0.1) is 5.92 Å². The van der Waals surface area contributed by atoms with Gasteiger partial charge in [0.05, 0.1) is 11.5 Å². The van der Waals surface area contributed by atoms with Crippen molar-refractivity contribution in [2.75, 3.05) is 0 Å². The van der Waals surface area contributed by atoms with Crippen LogP contribution < -0.4 is 5.73 Å². The van der Waals surface area contributed by atoms with Crippen LogP contribution in [0.1, 0.15) is 48.2 Å². The number of carbonyl (C=O) groups is 2. The first-order chi connectivity index (χ1) is 11.7. The summed E-state index contributed by atoms with van der Waals surface area (Å²) in [5.74, 6) is -1.24. The van der Waals surface area contributed by atoms with Gasteiger partial charge in [-0.2, -0.15) is 0 Å². The van der Waals surface area contributed by atoms with E-state index in [2.05, 4.69) is 13.8 Å². The van der Waals surface area contributed by atoms with Gasteiger partial charge in [0.2, 0.25) is 0 Å². The molecule has 25 heavy (non-hydrogen) atoms. The standard InChI is InChI=1S/C13H18O2.C7H7NO2/c1-9(2)8-11-4-6-12(7-5-11)10(3)13(14)15;8-7(10)5-3-1-2-4-6(5)9/h4-7,9-10H,8H2,1-3H3,(H,14,15);1-4,9H,(H2,8,10). The third-order valence-electron chi connectivity index (χ3n) is 3.66. The minimum Gasteiger partial charge on any atom is -0.507 e. The highest BCUT2D eigenvalue weighted by atomic mass is 16.4. The quantitative estimate of drug-likeness (QED) is 0.772. The molecule has 0 spiro atoms. The number of aliphatic carboxylic acids is 1. The molecule has 5 nitrogen and oxygen atoms in total. The van der Waals surface area contributed by atoms with Crippen molar-refractivity contribution in [2.24, 2.45) is 11.7 Å². The summed E-state index contributed by atoms with van der Waals surface area (Å²) < 4.78 is 0. The zero-order chi connectivity index (χ0) is 19.0. The van der Waals surface area contributed by atoms with E-state index in [1.54, 1.807) is 19.1 Å². The maximum absolute atomic E-state index is 10.8. The normalized spacial score (nSPS) is 11.4. The largest absolute Gasteiger partial charge is 0.507 e. The first-order valence-corrected chi connectivity index (χ1v) is 8.11. The minimum atomic E-state index is -0.772. The number of carboxylic acids is 1. The second-order valence-corrected chi connectivity index (χ2v) is 6.28. The Morgan fingerprint density at radius 1 is 1.00 bits per heavy atom. The summed E-state index contributed by atoms with van der Waals surface area (Å²) in [6.45, 7) is 6.06. The van der Waals surface area contributed by atoms with Gasteiger partial charge < -0.3 is 15.9 Å². The predicted molar refractivity (Wildman–Crippen MR) is 97.7 cm³/mol. The number of phenols is 1. The number of carbonyl (C=O) groups excluding carboxylic acids is 1. The second kappa shape index (κ2) is 9.47. The Balaban J connectivity index is 0.000000271. The van der Waals surface area contributed by atoms with Crippen LogP contribution >= 0.6 is 0 Å². The molecule has 134 valence electrons. The summed E-state index contributed by atoms with van der Waals surface area (Å²) in [4.78, 5) is 21.2. The maximum Gasteiger partial charge on any atom is 0.310 e. The van der Waals surface area contributed by atoms with Gasteiger partial charge in [0, 0.05) is 0 Å². The molecule has 0 aromatic heterocycles. The van der Waals surface area contributed by atoms with Crippen LogP contribution in [-0.2, 0) is 11.2 Å². The first kappa shape index (κ1) is 20.2. The number of para-hydroxylation sites is 1. The number of primary amides is 1. The number of nitrogens with two attached hydrogens (primary N) is 1. The van der Waals surface area contributed by atoms with E-state index < -0.39 is 17.8 Å². The van der Waals surface area contributed by atoms with Gasteiger partial charge >= 0.3 is 5.97 Å². The Morgan fingerprint density at radius 3 is 1.96 bits per heavy atom. The van der Waals surface area contributed by atoms with Crippen molar-refractivity contribution in [3.63, 3.8) is 0 Å². The first-order valence-electron chi connectivity index (χ1n) is 8.11. The lowest BCUT2D eigenvalue weighted by Gasteiger charge is -2.09. The van der Waals surface area contributed by atoms with Gasteiger partial charge in [0.15, 0.2) is 0 Å². The molecule has 1 atom stereocenters. The van der Waals surface area contributed by atoms with Gasteiger partial charge in [0.25, 0.3) is 5.91 Å². The lowest BCUT2D eigenvalue weighted by molar-refractivity contribution is -0.138. The Bertz CT molecular complexity index is 708. The molecule has 2 aromatic carbocycles. The van der Waals surface area contributed by atoms with Gasteiger partial charge in [-0.1, -0.05) is 50.2 Å². The smallest absolute Gasteiger partial charge is 0.310 e. The van der Waals surface area contributed by atoms with Crippen LogP contribution in [0.4, 0.5) is 0 Å². The summed E-state index contributed by atoms with van der Waals surface area (Å²) in [7, 11) is 0. The monoisotopic (exact) mass is 343 g/mol. The molecule has 0 aliphatic heterocycles. The molecular weight excluding hydrogens is 318 g/mol. The summed E-state index contributed by atoms with van der Waals surface area (Å²) in [6.07, 6.45) is 1.04. The highest BCUT2D eigenvalue weighted by Crippen LogP contribution is 2.17. The van der Waals surface area contributed by atoms with Gasteiger partial charge in [-0.25, -0.2) is 0 Å². The molecule has 0 saturated carbocycles. The molecule has 0 aliphatic rings. The number of carboxylic acid groups (broad SMARTS) is 1. The van der Waals surface area contributed by atoms with Crippen molar-refractivity contribution < 1.29 is 19.8 Å². The fourth-order valence-corrected chi connectivity index (χ4v) is 2.24. The van der Waals surface area contributed by atoms with Crippen molar-refractivity contribution >= 4 is 11.9 Å². The van der Waals surface area contributed by atoms with Crippen molar-refractivity contribution in [3.05, 3.63) is 65.2 Å². The van der Waals surface area contributed by atoms with E-state index in [4.69, 9.17) is 15.9 Å². The van der Waals surface area contributed by atoms with Crippen LogP contribution in [0.25, 0.3) is 0 Å². The van der Waals surface area contributed by atoms with E-state index in [0.29, 0.717) is 5.92 Å². The fraction of sp³-hybridized carbons (Fsp3) is 0.300. The molecule has 2 rings (SSSR count). The highest BCUT2D eigenvalue weighted by Gasteiger charge is 2.12. The lowest BCUT2D eigenvalue weighted by atomic mass is 9.97. The highest BCUT2D eigenvalue weighted by molar-refractivity contribution is 5.95. The molecule has 2 aromatic rings. The number of benzene rings is 2. The molecule has 0 bridgehead atoms. The van der Waals surface area contributed by atoms with Crippen molar-refractivity contribution in [1.82, 2.24) is 0 Å². The maximum atomic E-state index is 10.8.